The standard InChI is InChI=1S/C20H24N4O2S/c1-20(2,3)19-22-13(9-17(25)23-19)10-21-18(26)12-27-16-11-24(4)15-8-6-5-7-14(15)16/h5-9,11H,10,12H2,1-4H3,(H,21,26)(H,22,23,25). The number of amides is 1. The van der Waals surface area contributed by atoms with Crippen molar-refractivity contribution in [1.29, 1.82) is 0 Å². The van der Waals surface area contributed by atoms with Crippen LogP contribution in [0.15, 0.2) is 46.2 Å². The molecule has 0 atom stereocenters. The lowest BCUT2D eigenvalue weighted by Crippen LogP contribution is -2.28. The second-order valence-electron chi connectivity index (χ2n) is 7.52. The van der Waals surface area contributed by atoms with Crippen LogP contribution in [0.1, 0.15) is 32.3 Å². The SMILES string of the molecule is Cn1cc(SCC(=O)NCc2cc(=O)[nH]c(C(C)(C)C)n2)c2ccccc21. The Morgan fingerprint density at radius 1 is 1.30 bits per heavy atom. The zero-order chi connectivity index (χ0) is 19.6. The van der Waals surface area contributed by atoms with Gasteiger partial charge in [-0.25, -0.2) is 4.98 Å². The van der Waals surface area contributed by atoms with Crippen LogP contribution < -0.4 is 10.9 Å². The molecule has 0 aliphatic rings. The van der Waals surface area contributed by atoms with Gasteiger partial charge in [-0.1, -0.05) is 39.0 Å². The number of carbonyl (C=O) groups excluding carboxylic acids is 1. The number of nitrogens with one attached hydrogen (secondary N) is 2. The third kappa shape index (κ3) is 4.60. The Morgan fingerprint density at radius 3 is 2.78 bits per heavy atom. The molecule has 0 unspecified atom stereocenters. The monoisotopic (exact) mass is 384 g/mol. The van der Waals surface area contributed by atoms with Crippen LogP contribution in [-0.4, -0.2) is 26.2 Å². The summed E-state index contributed by atoms with van der Waals surface area (Å²) in [6.45, 7) is 6.18. The van der Waals surface area contributed by atoms with Crippen molar-refractivity contribution in [2.24, 2.45) is 7.05 Å². The Bertz CT molecular complexity index is 1030. The summed E-state index contributed by atoms with van der Waals surface area (Å²) in [6.07, 6.45) is 2.04. The molecule has 0 saturated carbocycles. The van der Waals surface area contributed by atoms with Crippen LogP contribution in [0.25, 0.3) is 10.9 Å². The first-order valence-corrected chi connectivity index (χ1v) is 9.77. The van der Waals surface area contributed by atoms with Crippen molar-refractivity contribution in [1.82, 2.24) is 19.9 Å². The Labute approximate surface area is 162 Å². The molecule has 1 amide bonds. The molecule has 2 heterocycles. The summed E-state index contributed by atoms with van der Waals surface area (Å²) in [5, 5.41) is 3.99. The summed E-state index contributed by atoms with van der Waals surface area (Å²) >= 11 is 1.50. The number of aromatic amines is 1. The summed E-state index contributed by atoms with van der Waals surface area (Å²) in [5.74, 6) is 0.834. The van der Waals surface area contributed by atoms with Gasteiger partial charge in [0.15, 0.2) is 0 Å². The highest BCUT2D eigenvalue weighted by Gasteiger charge is 2.17. The minimum absolute atomic E-state index is 0.0904. The molecule has 6 nitrogen and oxygen atoms in total. The van der Waals surface area contributed by atoms with E-state index in [-0.39, 0.29) is 23.4 Å². The average Bonchev–Trinajstić information content (AvgIpc) is 2.93. The fourth-order valence-electron chi connectivity index (χ4n) is 2.76. The fourth-order valence-corrected chi connectivity index (χ4v) is 3.71. The van der Waals surface area contributed by atoms with Gasteiger partial charge in [-0.15, -0.1) is 11.8 Å². The molecule has 0 aliphatic heterocycles. The zero-order valence-electron chi connectivity index (χ0n) is 16.0. The Balaban J connectivity index is 1.62. The largest absolute Gasteiger partial charge is 0.350 e. The minimum atomic E-state index is -0.261. The van der Waals surface area contributed by atoms with Crippen LogP contribution in [0.4, 0.5) is 0 Å². The van der Waals surface area contributed by atoms with Gasteiger partial charge in [-0.2, -0.15) is 0 Å². The van der Waals surface area contributed by atoms with Crippen molar-refractivity contribution in [3.63, 3.8) is 0 Å². The van der Waals surface area contributed by atoms with Crippen LogP contribution in [0.3, 0.4) is 0 Å². The van der Waals surface area contributed by atoms with Gasteiger partial charge in [0.25, 0.3) is 5.56 Å². The van der Waals surface area contributed by atoms with Crippen molar-refractivity contribution in [3.8, 4) is 0 Å². The molecule has 142 valence electrons. The first kappa shape index (κ1) is 19.2. The number of H-pyrrole nitrogens is 1. The fraction of sp³-hybridized carbons (Fsp3) is 0.350. The van der Waals surface area contributed by atoms with Crippen molar-refractivity contribution in [2.45, 2.75) is 37.6 Å². The van der Waals surface area contributed by atoms with Crippen molar-refractivity contribution < 1.29 is 4.79 Å². The summed E-state index contributed by atoms with van der Waals surface area (Å²) in [7, 11) is 2.00. The second kappa shape index (κ2) is 7.60. The molecule has 0 spiro atoms. The zero-order valence-corrected chi connectivity index (χ0v) is 16.8. The number of aryl methyl sites for hydroxylation is 1. The molecule has 7 heteroatoms. The van der Waals surface area contributed by atoms with Crippen molar-refractivity contribution >= 4 is 28.6 Å². The maximum Gasteiger partial charge on any atom is 0.251 e. The minimum Gasteiger partial charge on any atom is -0.350 e. The van der Waals surface area contributed by atoms with Gasteiger partial charge < -0.3 is 14.9 Å². The summed E-state index contributed by atoms with van der Waals surface area (Å²) in [4.78, 5) is 32.4. The molecule has 3 rings (SSSR count). The van der Waals surface area contributed by atoms with E-state index in [0.717, 1.165) is 15.8 Å². The molecule has 0 bridgehead atoms. The third-order valence-corrected chi connectivity index (χ3v) is 5.23. The predicted octanol–water partition coefficient (Wildman–Crippen LogP) is 2.97. The Kier molecular flexibility index (Phi) is 5.41. The number of aromatic nitrogens is 3. The molecule has 2 N–H and O–H groups in total. The van der Waals surface area contributed by atoms with Crippen LogP contribution in [0.5, 0.6) is 0 Å². The summed E-state index contributed by atoms with van der Waals surface area (Å²) in [5.41, 5.74) is 1.24. The highest BCUT2D eigenvalue weighted by molar-refractivity contribution is 8.00. The summed E-state index contributed by atoms with van der Waals surface area (Å²) < 4.78 is 2.06. The molecule has 27 heavy (non-hydrogen) atoms. The lowest BCUT2D eigenvalue weighted by atomic mass is 9.95. The Morgan fingerprint density at radius 2 is 2.04 bits per heavy atom. The van der Waals surface area contributed by atoms with E-state index in [2.05, 4.69) is 32.0 Å². The smallest absolute Gasteiger partial charge is 0.251 e. The number of carbonyl (C=O) groups is 1. The maximum atomic E-state index is 12.2. The average molecular weight is 385 g/mol. The van der Waals surface area contributed by atoms with Crippen LogP contribution >= 0.6 is 11.8 Å². The van der Waals surface area contributed by atoms with E-state index in [9.17, 15) is 9.59 Å². The lowest BCUT2D eigenvalue weighted by Gasteiger charge is -2.17. The van der Waals surface area contributed by atoms with E-state index >= 15 is 0 Å². The normalized spacial score (nSPS) is 11.7. The van der Waals surface area contributed by atoms with E-state index in [4.69, 9.17) is 0 Å². The highest BCUT2D eigenvalue weighted by Crippen LogP contribution is 2.29. The van der Waals surface area contributed by atoms with Crippen LogP contribution in [-0.2, 0) is 23.8 Å². The topological polar surface area (TPSA) is 79.8 Å². The van der Waals surface area contributed by atoms with Crippen molar-refractivity contribution in [2.75, 3.05) is 5.75 Å². The van der Waals surface area contributed by atoms with E-state index < -0.39 is 0 Å². The number of nitrogens with zero attached hydrogens (tertiary/aromatic N) is 2. The number of rotatable bonds is 5. The highest BCUT2D eigenvalue weighted by atomic mass is 32.2. The number of para-hydroxylation sites is 1. The molecule has 0 saturated heterocycles. The van der Waals surface area contributed by atoms with Gasteiger partial charge in [0.05, 0.1) is 18.0 Å². The van der Waals surface area contributed by atoms with Gasteiger partial charge in [-0.05, 0) is 6.07 Å². The molecule has 3 aromatic rings. The molecule has 0 fully saturated rings. The first-order chi connectivity index (χ1) is 12.7. The van der Waals surface area contributed by atoms with E-state index in [1.54, 1.807) is 0 Å². The van der Waals surface area contributed by atoms with Gasteiger partial charge >= 0.3 is 0 Å². The van der Waals surface area contributed by atoms with Gasteiger partial charge in [0.2, 0.25) is 5.91 Å². The van der Waals surface area contributed by atoms with Crippen molar-refractivity contribution in [3.05, 3.63) is 58.4 Å². The van der Waals surface area contributed by atoms with Crippen LogP contribution in [0.2, 0.25) is 0 Å². The second-order valence-corrected chi connectivity index (χ2v) is 8.54. The van der Waals surface area contributed by atoms with Gasteiger partial charge in [0, 0.05) is 40.5 Å². The van der Waals surface area contributed by atoms with Gasteiger partial charge in [0.1, 0.15) is 5.82 Å². The van der Waals surface area contributed by atoms with E-state index in [1.807, 2.05) is 46.1 Å². The number of hydrogen-bond acceptors (Lipinski definition) is 4. The van der Waals surface area contributed by atoms with Crippen LogP contribution in [0, 0.1) is 0 Å². The number of hydrogen-bond donors (Lipinski definition) is 2. The predicted molar refractivity (Wildman–Crippen MR) is 109 cm³/mol. The number of thioether (sulfide) groups is 1. The lowest BCUT2D eigenvalue weighted by molar-refractivity contribution is -0.118. The molecular weight excluding hydrogens is 360 g/mol. The first-order valence-electron chi connectivity index (χ1n) is 8.78. The maximum absolute atomic E-state index is 12.2. The third-order valence-electron chi connectivity index (χ3n) is 4.19. The van der Waals surface area contributed by atoms with E-state index in [0.29, 0.717) is 17.3 Å². The number of fused-ring (bicyclic) bond motifs is 1. The molecule has 2 aromatic heterocycles. The van der Waals surface area contributed by atoms with E-state index in [1.165, 1.54) is 17.8 Å². The summed E-state index contributed by atoms with van der Waals surface area (Å²) in [6, 6.07) is 9.55. The quantitative estimate of drug-likeness (QED) is 0.663. The Hall–Kier alpha value is -2.54. The molecule has 0 radical (unpaired) electrons. The van der Waals surface area contributed by atoms with Gasteiger partial charge in [-0.3, -0.25) is 9.59 Å². The number of benzene rings is 1. The molecule has 1 aromatic carbocycles. The molecular formula is C20H24N4O2S. The molecule has 0 aliphatic carbocycles.